The maximum Gasteiger partial charge on any atom is 0.330 e. The van der Waals surface area contributed by atoms with Gasteiger partial charge >= 0.3 is 5.69 Å². The first kappa shape index (κ1) is 19.3. The zero-order valence-electron chi connectivity index (χ0n) is 17.3. The fraction of sp³-hybridized carbons (Fsp3) is 0.333. The number of pyridine rings is 1. The Morgan fingerprint density at radius 1 is 1.10 bits per heavy atom. The number of anilines is 2. The van der Waals surface area contributed by atoms with E-state index in [1.54, 1.807) is 41.0 Å². The molecule has 5 heterocycles. The Morgan fingerprint density at radius 3 is 2.61 bits per heavy atom. The molecule has 10 heteroatoms. The molecule has 0 spiro atoms. The van der Waals surface area contributed by atoms with E-state index in [9.17, 15) is 4.79 Å². The van der Waals surface area contributed by atoms with Crippen LogP contribution in [0.15, 0.2) is 42.0 Å². The third kappa shape index (κ3) is 3.55. The number of rotatable bonds is 4. The Balaban J connectivity index is 1.49. The molecule has 158 valence electrons. The summed E-state index contributed by atoms with van der Waals surface area (Å²) in [5.41, 5.74) is 4.65. The molecule has 0 bridgehead atoms. The average Bonchev–Trinajstić information content (AvgIpc) is 3.06. The topological polar surface area (TPSA) is 113 Å². The van der Waals surface area contributed by atoms with Gasteiger partial charge in [0.15, 0.2) is 5.65 Å². The minimum absolute atomic E-state index is 0.0727. The van der Waals surface area contributed by atoms with Crippen LogP contribution in [0.5, 0.6) is 0 Å². The van der Waals surface area contributed by atoms with Crippen molar-refractivity contribution >= 4 is 22.8 Å². The summed E-state index contributed by atoms with van der Waals surface area (Å²) in [5, 5.41) is 3.24. The SMILES string of the molecule is Cc1cc(-c2cncnc2)ncc1Nc1ncc2c(n1)n(C1CCOCC1)c(=O)n2C. The van der Waals surface area contributed by atoms with E-state index in [2.05, 4.69) is 30.2 Å². The van der Waals surface area contributed by atoms with Gasteiger partial charge in [-0.15, -0.1) is 0 Å². The Hall–Kier alpha value is -3.66. The van der Waals surface area contributed by atoms with Crippen molar-refractivity contribution in [2.24, 2.45) is 7.05 Å². The van der Waals surface area contributed by atoms with E-state index >= 15 is 0 Å². The molecule has 0 unspecified atom stereocenters. The molecule has 4 aromatic heterocycles. The molecule has 1 aliphatic heterocycles. The fourth-order valence-corrected chi connectivity index (χ4v) is 3.86. The Kier molecular flexibility index (Phi) is 4.91. The van der Waals surface area contributed by atoms with E-state index in [0.717, 1.165) is 35.3 Å². The van der Waals surface area contributed by atoms with E-state index in [-0.39, 0.29) is 11.7 Å². The maximum atomic E-state index is 12.9. The average molecular weight is 418 g/mol. The monoisotopic (exact) mass is 418 g/mol. The maximum absolute atomic E-state index is 12.9. The molecule has 1 fully saturated rings. The van der Waals surface area contributed by atoms with Crippen LogP contribution in [-0.2, 0) is 11.8 Å². The second kappa shape index (κ2) is 7.88. The molecule has 31 heavy (non-hydrogen) atoms. The second-order valence-corrected chi connectivity index (χ2v) is 7.59. The Labute approximate surface area is 178 Å². The van der Waals surface area contributed by atoms with Crippen LogP contribution in [0, 0.1) is 6.92 Å². The van der Waals surface area contributed by atoms with Gasteiger partial charge in [0.05, 0.1) is 23.8 Å². The van der Waals surface area contributed by atoms with Gasteiger partial charge in [-0.3, -0.25) is 14.1 Å². The summed E-state index contributed by atoms with van der Waals surface area (Å²) in [6.07, 6.45) is 9.94. The van der Waals surface area contributed by atoms with E-state index < -0.39 is 0 Å². The molecule has 0 amide bonds. The van der Waals surface area contributed by atoms with Crippen LogP contribution >= 0.6 is 0 Å². The van der Waals surface area contributed by atoms with E-state index in [1.807, 2.05) is 13.0 Å². The number of fused-ring (bicyclic) bond motifs is 1. The highest BCUT2D eigenvalue weighted by Gasteiger charge is 2.23. The molecule has 1 N–H and O–H groups in total. The summed E-state index contributed by atoms with van der Waals surface area (Å²) in [6.45, 7) is 3.27. The van der Waals surface area contributed by atoms with Crippen molar-refractivity contribution in [3.8, 4) is 11.3 Å². The zero-order valence-corrected chi connectivity index (χ0v) is 17.3. The van der Waals surface area contributed by atoms with Gasteiger partial charge in [-0.25, -0.2) is 19.7 Å². The minimum atomic E-state index is -0.0827. The lowest BCUT2D eigenvalue weighted by molar-refractivity contribution is 0.0695. The fourth-order valence-electron chi connectivity index (χ4n) is 3.86. The number of ether oxygens (including phenoxy) is 1. The van der Waals surface area contributed by atoms with Gasteiger partial charge in [0.2, 0.25) is 5.95 Å². The van der Waals surface area contributed by atoms with E-state index in [0.29, 0.717) is 30.3 Å². The molecule has 10 nitrogen and oxygen atoms in total. The van der Waals surface area contributed by atoms with Crippen molar-refractivity contribution in [1.82, 2.24) is 34.1 Å². The van der Waals surface area contributed by atoms with Crippen molar-refractivity contribution < 1.29 is 4.74 Å². The van der Waals surface area contributed by atoms with Crippen molar-refractivity contribution in [2.45, 2.75) is 25.8 Å². The molecule has 4 aromatic rings. The van der Waals surface area contributed by atoms with Crippen LogP contribution in [0.3, 0.4) is 0 Å². The van der Waals surface area contributed by atoms with Gasteiger partial charge in [-0.1, -0.05) is 0 Å². The lowest BCUT2D eigenvalue weighted by Crippen LogP contribution is -2.30. The van der Waals surface area contributed by atoms with Gasteiger partial charge < -0.3 is 10.1 Å². The number of hydrogen-bond acceptors (Lipinski definition) is 8. The summed E-state index contributed by atoms with van der Waals surface area (Å²) in [6, 6.07) is 2.03. The molecule has 1 aliphatic rings. The summed E-state index contributed by atoms with van der Waals surface area (Å²) < 4.78 is 8.82. The van der Waals surface area contributed by atoms with Gasteiger partial charge in [0, 0.05) is 44.3 Å². The Bertz CT molecular complexity index is 1290. The molecular weight excluding hydrogens is 396 g/mol. The van der Waals surface area contributed by atoms with E-state index in [4.69, 9.17) is 4.74 Å². The van der Waals surface area contributed by atoms with Crippen molar-refractivity contribution in [3.05, 3.63) is 53.2 Å². The molecule has 0 saturated carbocycles. The lowest BCUT2D eigenvalue weighted by Gasteiger charge is -2.22. The van der Waals surface area contributed by atoms with Gasteiger partial charge in [-0.2, -0.15) is 4.98 Å². The van der Waals surface area contributed by atoms with E-state index in [1.165, 1.54) is 6.33 Å². The number of nitrogens with zero attached hydrogens (tertiary/aromatic N) is 7. The van der Waals surface area contributed by atoms with Gasteiger partial charge in [0.25, 0.3) is 0 Å². The lowest BCUT2D eigenvalue weighted by atomic mass is 10.1. The van der Waals surface area contributed by atoms with Crippen LogP contribution < -0.4 is 11.0 Å². The van der Waals surface area contributed by atoms with Crippen LogP contribution in [0.25, 0.3) is 22.4 Å². The molecule has 0 aromatic carbocycles. The third-order valence-corrected chi connectivity index (χ3v) is 5.60. The number of aromatic nitrogens is 7. The summed E-state index contributed by atoms with van der Waals surface area (Å²) in [4.78, 5) is 34.5. The first-order valence-corrected chi connectivity index (χ1v) is 10.1. The smallest absolute Gasteiger partial charge is 0.330 e. The molecule has 5 rings (SSSR count). The third-order valence-electron chi connectivity index (χ3n) is 5.60. The van der Waals surface area contributed by atoms with Crippen molar-refractivity contribution in [2.75, 3.05) is 18.5 Å². The minimum Gasteiger partial charge on any atom is -0.381 e. The van der Waals surface area contributed by atoms with Crippen molar-refractivity contribution in [3.63, 3.8) is 0 Å². The summed E-state index contributed by atoms with van der Waals surface area (Å²) >= 11 is 0. The Morgan fingerprint density at radius 2 is 1.87 bits per heavy atom. The molecule has 0 radical (unpaired) electrons. The van der Waals surface area contributed by atoms with Crippen molar-refractivity contribution in [1.29, 1.82) is 0 Å². The number of hydrogen-bond donors (Lipinski definition) is 1. The van der Waals surface area contributed by atoms with Crippen LogP contribution in [0.1, 0.15) is 24.4 Å². The predicted octanol–water partition coefficient (Wildman–Crippen LogP) is 2.39. The molecular formula is C21H22N8O2. The standard InChI is InChI=1S/C21H22N8O2/c1-13-7-16(14-8-22-12-23-9-14)24-10-17(13)26-20-25-11-18-19(27-20)29(21(30)28(18)2)15-3-5-31-6-4-15/h7-12,15H,3-6H2,1-2H3,(H,25,26,27). The first-order chi connectivity index (χ1) is 15.1. The predicted molar refractivity (Wildman–Crippen MR) is 115 cm³/mol. The molecule has 0 atom stereocenters. The highest BCUT2D eigenvalue weighted by Crippen LogP contribution is 2.26. The normalized spacial score (nSPS) is 14.8. The molecule has 1 saturated heterocycles. The highest BCUT2D eigenvalue weighted by atomic mass is 16.5. The number of aryl methyl sites for hydroxylation is 2. The zero-order chi connectivity index (χ0) is 21.4. The van der Waals surface area contributed by atoms with Crippen LogP contribution in [0.2, 0.25) is 0 Å². The second-order valence-electron chi connectivity index (χ2n) is 7.59. The van der Waals surface area contributed by atoms with Crippen LogP contribution in [0.4, 0.5) is 11.6 Å². The summed E-state index contributed by atoms with van der Waals surface area (Å²) in [7, 11) is 1.75. The molecule has 0 aliphatic carbocycles. The van der Waals surface area contributed by atoms with Crippen LogP contribution in [-0.4, -0.2) is 47.3 Å². The quantitative estimate of drug-likeness (QED) is 0.538. The first-order valence-electron chi connectivity index (χ1n) is 10.1. The highest BCUT2D eigenvalue weighted by molar-refractivity contribution is 5.73. The van der Waals surface area contributed by atoms with Gasteiger partial charge in [-0.05, 0) is 31.4 Å². The number of nitrogens with one attached hydrogen (secondary N) is 1. The van der Waals surface area contributed by atoms with Gasteiger partial charge in [0.1, 0.15) is 11.8 Å². The number of imidazole rings is 1. The largest absolute Gasteiger partial charge is 0.381 e. The summed E-state index contributed by atoms with van der Waals surface area (Å²) in [5.74, 6) is 0.416.